The predicted octanol–water partition coefficient (Wildman–Crippen LogP) is 4.47. The van der Waals surface area contributed by atoms with Gasteiger partial charge in [-0.15, -0.1) is 0 Å². The summed E-state index contributed by atoms with van der Waals surface area (Å²) in [5.74, 6) is 1.89. The molecule has 1 unspecified atom stereocenters. The van der Waals surface area contributed by atoms with Crippen LogP contribution in [0, 0.1) is 0 Å². The Morgan fingerprint density at radius 1 is 1.14 bits per heavy atom. The van der Waals surface area contributed by atoms with Crippen molar-refractivity contribution in [2.24, 2.45) is 0 Å². The van der Waals surface area contributed by atoms with Crippen molar-refractivity contribution < 1.29 is 9.47 Å². The maximum atomic E-state index is 5.83. The van der Waals surface area contributed by atoms with Gasteiger partial charge in [0.15, 0.2) is 0 Å². The number of hydrogen-bond acceptors (Lipinski definition) is 3. The van der Waals surface area contributed by atoms with Gasteiger partial charge in [0.25, 0.3) is 0 Å². The summed E-state index contributed by atoms with van der Waals surface area (Å²) in [5, 5.41) is 3.25. The van der Waals surface area contributed by atoms with Gasteiger partial charge in [0.2, 0.25) is 0 Å². The zero-order chi connectivity index (χ0) is 14.9. The normalized spacial score (nSPS) is 16.6. The molecule has 0 saturated carbocycles. The van der Waals surface area contributed by atoms with E-state index in [9.17, 15) is 0 Å². The fourth-order valence-electron chi connectivity index (χ4n) is 2.77. The topological polar surface area (TPSA) is 30.5 Å². The maximum Gasteiger partial charge on any atom is 0.127 e. The smallest absolute Gasteiger partial charge is 0.127 e. The highest BCUT2D eigenvalue weighted by Gasteiger charge is 2.22. The minimum atomic E-state index is 0.317. The predicted molar refractivity (Wildman–Crippen MR) is 87.2 cm³/mol. The molecule has 1 aromatic rings. The summed E-state index contributed by atoms with van der Waals surface area (Å²) in [6.07, 6.45) is 9.19. The van der Waals surface area contributed by atoms with Crippen molar-refractivity contribution in [2.45, 2.75) is 57.9 Å². The molecule has 1 atom stereocenters. The van der Waals surface area contributed by atoms with Crippen LogP contribution in [0.1, 0.15) is 63.5 Å². The van der Waals surface area contributed by atoms with Gasteiger partial charge in [-0.1, -0.05) is 45.4 Å². The van der Waals surface area contributed by atoms with Crippen molar-refractivity contribution in [3.63, 3.8) is 0 Å². The van der Waals surface area contributed by atoms with Gasteiger partial charge in [-0.05, 0) is 25.6 Å². The number of ether oxygens (including phenoxy) is 2. The van der Waals surface area contributed by atoms with Gasteiger partial charge in [-0.25, -0.2) is 0 Å². The molecule has 0 fully saturated rings. The van der Waals surface area contributed by atoms with Gasteiger partial charge in [0.05, 0.1) is 12.6 Å². The standard InChI is InChI=1S/C18H29NO2/c1-3-4-5-6-7-8-9-12-20-15-10-11-16-17(19-2)14-21-18(16)13-15/h10-11,13,17,19H,3-9,12,14H2,1-2H3. The van der Waals surface area contributed by atoms with Crippen LogP contribution in [0.15, 0.2) is 18.2 Å². The SMILES string of the molecule is CCCCCCCCCOc1ccc2c(c1)OCC2NC. The van der Waals surface area contributed by atoms with Crippen molar-refractivity contribution in [1.82, 2.24) is 5.32 Å². The second-order valence-corrected chi connectivity index (χ2v) is 5.82. The van der Waals surface area contributed by atoms with E-state index < -0.39 is 0 Å². The third-order valence-electron chi connectivity index (χ3n) is 4.13. The molecule has 0 saturated heterocycles. The Morgan fingerprint density at radius 2 is 1.90 bits per heavy atom. The third kappa shape index (κ3) is 4.92. The maximum absolute atomic E-state index is 5.83. The average molecular weight is 291 g/mol. The molecular weight excluding hydrogens is 262 g/mol. The van der Waals surface area contributed by atoms with Crippen LogP contribution in [-0.2, 0) is 0 Å². The van der Waals surface area contributed by atoms with Gasteiger partial charge in [0.1, 0.15) is 18.1 Å². The molecule has 118 valence electrons. The Hall–Kier alpha value is -1.22. The van der Waals surface area contributed by atoms with E-state index in [1.165, 1.54) is 44.1 Å². The number of unbranched alkanes of at least 4 members (excludes halogenated alkanes) is 6. The Kier molecular flexibility index (Phi) is 6.87. The van der Waals surface area contributed by atoms with Crippen LogP contribution in [0.5, 0.6) is 11.5 Å². The molecule has 0 amide bonds. The molecule has 1 aliphatic rings. The van der Waals surface area contributed by atoms with E-state index in [1.54, 1.807) is 0 Å². The van der Waals surface area contributed by atoms with Crippen molar-refractivity contribution in [2.75, 3.05) is 20.3 Å². The lowest BCUT2D eigenvalue weighted by Gasteiger charge is -2.09. The lowest BCUT2D eigenvalue weighted by Crippen LogP contribution is -2.17. The average Bonchev–Trinajstić information content (AvgIpc) is 2.92. The molecule has 21 heavy (non-hydrogen) atoms. The Bertz CT molecular complexity index is 420. The second kappa shape index (κ2) is 8.93. The van der Waals surface area contributed by atoms with Crippen LogP contribution in [0.2, 0.25) is 0 Å². The zero-order valence-electron chi connectivity index (χ0n) is 13.5. The number of likely N-dealkylation sites (N-methyl/N-ethyl adjacent to an activating group) is 1. The van der Waals surface area contributed by atoms with Crippen LogP contribution in [0.25, 0.3) is 0 Å². The molecule has 1 N–H and O–H groups in total. The van der Waals surface area contributed by atoms with Crippen molar-refractivity contribution in [1.29, 1.82) is 0 Å². The van der Waals surface area contributed by atoms with Gasteiger partial charge >= 0.3 is 0 Å². The first-order valence-electron chi connectivity index (χ1n) is 8.42. The molecule has 0 radical (unpaired) electrons. The molecule has 1 heterocycles. The molecule has 0 aromatic heterocycles. The lowest BCUT2D eigenvalue weighted by molar-refractivity contribution is 0.298. The number of nitrogens with one attached hydrogen (secondary N) is 1. The summed E-state index contributed by atoms with van der Waals surface area (Å²) >= 11 is 0. The van der Waals surface area contributed by atoms with Crippen molar-refractivity contribution in [3.8, 4) is 11.5 Å². The van der Waals surface area contributed by atoms with Crippen molar-refractivity contribution >= 4 is 0 Å². The van der Waals surface area contributed by atoms with Crippen LogP contribution >= 0.6 is 0 Å². The fraction of sp³-hybridized carbons (Fsp3) is 0.667. The Morgan fingerprint density at radius 3 is 2.67 bits per heavy atom. The minimum Gasteiger partial charge on any atom is -0.493 e. The number of fused-ring (bicyclic) bond motifs is 1. The molecule has 1 aromatic carbocycles. The molecule has 3 nitrogen and oxygen atoms in total. The molecule has 2 rings (SSSR count). The first-order chi connectivity index (χ1) is 10.3. The summed E-state index contributed by atoms with van der Waals surface area (Å²) in [6, 6.07) is 6.51. The Balaban J connectivity index is 1.63. The highest BCUT2D eigenvalue weighted by atomic mass is 16.5. The Labute approximate surface area is 129 Å². The summed E-state index contributed by atoms with van der Waals surface area (Å²) in [7, 11) is 1.97. The number of benzene rings is 1. The quantitative estimate of drug-likeness (QED) is 0.645. The van der Waals surface area contributed by atoms with E-state index in [1.807, 2.05) is 13.1 Å². The first kappa shape index (κ1) is 16.2. The van der Waals surface area contributed by atoms with Gasteiger partial charge < -0.3 is 14.8 Å². The van der Waals surface area contributed by atoms with Crippen LogP contribution in [0.4, 0.5) is 0 Å². The molecular formula is C18H29NO2. The molecule has 0 aliphatic carbocycles. The number of rotatable bonds is 10. The van der Waals surface area contributed by atoms with E-state index in [-0.39, 0.29) is 0 Å². The third-order valence-corrected chi connectivity index (χ3v) is 4.13. The summed E-state index contributed by atoms with van der Waals surface area (Å²) < 4.78 is 11.5. The van der Waals surface area contributed by atoms with Crippen LogP contribution < -0.4 is 14.8 Å². The fourth-order valence-corrected chi connectivity index (χ4v) is 2.77. The molecule has 1 aliphatic heterocycles. The van der Waals surface area contributed by atoms with Gasteiger partial charge in [0, 0.05) is 11.6 Å². The zero-order valence-corrected chi connectivity index (χ0v) is 13.5. The molecule has 0 bridgehead atoms. The second-order valence-electron chi connectivity index (χ2n) is 5.82. The van der Waals surface area contributed by atoms with Crippen LogP contribution in [0.3, 0.4) is 0 Å². The van der Waals surface area contributed by atoms with E-state index in [2.05, 4.69) is 24.4 Å². The monoisotopic (exact) mass is 291 g/mol. The summed E-state index contributed by atoms with van der Waals surface area (Å²) in [4.78, 5) is 0. The molecule has 0 spiro atoms. The van der Waals surface area contributed by atoms with Gasteiger partial charge in [-0.2, -0.15) is 0 Å². The van der Waals surface area contributed by atoms with Gasteiger partial charge in [-0.3, -0.25) is 0 Å². The summed E-state index contributed by atoms with van der Waals surface area (Å²) in [6.45, 7) is 3.78. The molecule has 3 heteroatoms. The first-order valence-corrected chi connectivity index (χ1v) is 8.42. The van der Waals surface area contributed by atoms with Crippen LogP contribution in [-0.4, -0.2) is 20.3 Å². The lowest BCUT2D eigenvalue weighted by atomic mass is 10.1. The number of hydrogen-bond donors (Lipinski definition) is 1. The van der Waals surface area contributed by atoms with E-state index in [4.69, 9.17) is 9.47 Å². The van der Waals surface area contributed by atoms with E-state index in [0.717, 1.165) is 24.5 Å². The highest BCUT2D eigenvalue weighted by molar-refractivity contribution is 5.44. The minimum absolute atomic E-state index is 0.317. The largest absolute Gasteiger partial charge is 0.493 e. The van der Waals surface area contributed by atoms with E-state index >= 15 is 0 Å². The summed E-state index contributed by atoms with van der Waals surface area (Å²) in [5.41, 5.74) is 1.24. The van der Waals surface area contributed by atoms with Crippen molar-refractivity contribution in [3.05, 3.63) is 23.8 Å². The highest BCUT2D eigenvalue weighted by Crippen LogP contribution is 2.35. The van der Waals surface area contributed by atoms with E-state index in [0.29, 0.717) is 12.6 Å².